The van der Waals surface area contributed by atoms with Gasteiger partial charge < -0.3 is 4.90 Å². The summed E-state index contributed by atoms with van der Waals surface area (Å²) in [6.07, 6.45) is 3.79. The molecule has 30 heavy (non-hydrogen) atoms. The van der Waals surface area contributed by atoms with Gasteiger partial charge >= 0.3 is 0 Å². The second kappa shape index (κ2) is 8.66. The zero-order valence-corrected chi connectivity index (χ0v) is 19.1. The molecule has 1 aliphatic heterocycles. The fourth-order valence-electron chi connectivity index (χ4n) is 4.66. The van der Waals surface area contributed by atoms with Gasteiger partial charge in [0.1, 0.15) is 6.04 Å². The predicted molar refractivity (Wildman–Crippen MR) is 121 cm³/mol. The molecule has 6 heteroatoms. The first-order valence-corrected chi connectivity index (χ1v) is 11.2. The summed E-state index contributed by atoms with van der Waals surface area (Å²) >= 11 is 6.77. The standard InChI is InChI=1S/C24H31ClN4O/c1-16(2)28(4)24(30)20-15-29(14-13-27(20)3)23-21-17(7-5-9-19(21)25)10-11-18-8-6-12-26-22(18)23/h5-9,12,16,20,23H,10-11,13-15H2,1-4H3/t20-,23?/m1/s1. The van der Waals surface area contributed by atoms with Gasteiger partial charge in [-0.2, -0.15) is 0 Å². The Bertz CT molecular complexity index is 931. The van der Waals surface area contributed by atoms with E-state index < -0.39 is 0 Å². The van der Waals surface area contributed by atoms with Gasteiger partial charge in [-0.1, -0.05) is 29.8 Å². The van der Waals surface area contributed by atoms with Crippen molar-refractivity contribution >= 4 is 17.5 Å². The van der Waals surface area contributed by atoms with E-state index in [4.69, 9.17) is 16.6 Å². The van der Waals surface area contributed by atoms with Gasteiger partial charge in [-0.15, -0.1) is 0 Å². The molecule has 2 aliphatic rings. The zero-order chi connectivity index (χ0) is 21.4. The summed E-state index contributed by atoms with van der Waals surface area (Å²) < 4.78 is 0. The molecule has 0 N–H and O–H groups in total. The Morgan fingerprint density at radius 2 is 1.90 bits per heavy atom. The minimum absolute atomic E-state index is 0.0271. The van der Waals surface area contributed by atoms with E-state index in [1.807, 2.05) is 43.4 Å². The number of halogens is 1. The molecule has 0 spiro atoms. The van der Waals surface area contributed by atoms with Crippen LogP contribution in [-0.2, 0) is 17.6 Å². The van der Waals surface area contributed by atoms with Gasteiger partial charge in [-0.25, -0.2) is 0 Å². The lowest BCUT2D eigenvalue weighted by molar-refractivity contribution is -0.139. The van der Waals surface area contributed by atoms with E-state index in [0.717, 1.165) is 42.2 Å². The van der Waals surface area contributed by atoms with Crippen molar-refractivity contribution in [2.24, 2.45) is 0 Å². The van der Waals surface area contributed by atoms with Crippen LogP contribution in [0.25, 0.3) is 0 Å². The lowest BCUT2D eigenvalue weighted by Gasteiger charge is -2.44. The van der Waals surface area contributed by atoms with Crippen LogP contribution in [0.1, 0.15) is 42.3 Å². The molecule has 1 aromatic carbocycles. The van der Waals surface area contributed by atoms with Gasteiger partial charge in [0.15, 0.2) is 0 Å². The third-order valence-electron chi connectivity index (χ3n) is 6.72. The molecule has 2 atom stereocenters. The number of carbonyl (C=O) groups is 1. The number of rotatable bonds is 3. The Kier molecular flexibility index (Phi) is 6.14. The molecule has 160 valence electrons. The summed E-state index contributed by atoms with van der Waals surface area (Å²) in [6.45, 7) is 6.48. The van der Waals surface area contributed by atoms with Crippen LogP contribution in [-0.4, -0.2) is 71.4 Å². The number of carbonyl (C=O) groups excluding carboxylic acids is 1. The molecular formula is C24H31ClN4O. The number of benzene rings is 1. The molecule has 4 rings (SSSR count). The SMILES string of the molecule is CC(C)N(C)C(=O)[C@H]1CN(C2c3ncccc3CCc3cccc(Cl)c32)CCN1C. The average Bonchev–Trinajstić information content (AvgIpc) is 2.91. The van der Waals surface area contributed by atoms with Crippen LogP contribution in [0.3, 0.4) is 0 Å². The molecule has 1 aliphatic carbocycles. The van der Waals surface area contributed by atoms with Crippen LogP contribution in [0.2, 0.25) is 5.02 Å². The van der Waals surface area contributed by atoms with Crippen LogP contribution in [0.15, 0.2) is 36.5 Å². The number of pyridine rings is 1. The lowest BCUT2D eigenvalue weighted by atomic mass is 9.95. The topological polar surface area (TPSA) is 39.7 Å². The summed E-state index contributed by atoms with van der Waals surface area (Å²) in [4.78, 5) is 24.5. The number of amides is 1. The van der Waals surface area contributed by atoms with E-state index in [0.29, 0.717) is 6.54 Å². The highest BCUT2D eigenvalue weighted by Crippen LogP contribution is 2.40. The molecule has 2 aromatic rings. The molecule has 1 saturated heterocycles. The monoisotopic (exact) mass is 426 g/mol. The van der Waals surface area contributed by atoms with Gasteiger partial charge in [0.25, 0.3) is 0 Å². The predicted octanol–water partition coefficient (Wildman–Crippen LogP) is 3.41. The van der Waals surface area contributed by atoms with Gasteiger partial charge in [-0.05, 0) is 62.6 Å². The van der Waals surface area contributed by atoms with Crippen LogP contribution < -0.4 is 0 Å². The average molecular weight is 427 g/mol. The van der Waals surface area contributed by atoms with E-state index in [1.165, 1.54) is 11.1 Å². The Labute approximate surface area is 184 Å². The Morgan fingerprint density at radius 3 is 2.67 bits per heavy atom. The highest BCUT2D eigenvalue weighted by atomic mass is 35.5. The maximum absolute atomic E-state index is 13.2. The Hall–Kier alpha value is -1.95. The molecule has 0 bridgehead atoms. The summed E-state index contributed by atoms with van der Waals surface area (Å²) in [7, 11) is 3.95. The summed E-state index contributed by atoms with van der Waals surface area (Å²) in [6, 6.07) is 10.4. The van der Waals surface area contributed by atoms with Crippen molar-refractivity contribution < 1.29 is 4.79 Å². The zero-order valence-electron chi connectivity index (χ0n) is 18.3. The lowest BCUT2D eigenvalue weighted by Crippen LogP contribution is -2.59. The highest BCUT2D eigenvalue weighted by Gasteiger charge is 2.39. The van der Waals surface area contributed by atoms with Crippen molar-refractivity contribution in [3.05, 3.63) is 63.9 Å². The number of fused-ring (bicyclic) bond motifs is 2. The molecule has 2 heterocycles. The first-order valence-electron chi connectivity index (χ1n) is 10.8. The van der Waals surface area contributed by atoms with E-state index in [2.05, 4.69) is 35.8 Å². The van der Waals surface area contributed by atoms with Crippen molar-refractivity contribution in [1.82, 2.24) is 19.7 Å². The summed E-state index contributed by atoms with van der Waals surface area (Å²) in [5, 5.41) is 0.789. The molecule has 5 nitrogen and oxygen atoms in total. The Morgan fingerprint density at radius 1 is 1.17 bits per heavy atom. The van der Waals surface area contributed by atoms with Crippen molar-refractivity contribution in [2.75, 3.05) is 33.7 Å². The minimum Gasteiger partial charge on any atom is -0.342 e. The summed E-state index contributed by atoms with van der Waals surface area (Å²) in [5.41, 5.74) is 4.80. The minimum atomic E-state index is -0.174. The Balaban J connectivity index is 1.75. The fraction of sp³-hybridized carbons (Fsp3) is 0.500. The van der Waals surface area contributed by atoms with Crippen molar-refractivity contribution in [1.29, 1.82) is 0 Å². The number of hydrogen-bond acceptors (Lipinski definition) is 4. The van der Waals surface area contributed by atoms with Gasteiger partial charge in [0.05, 0.1) is 11.7 Å². The fourth-order valence-corrected chi connectivity index (χ4v) is 4.96. The number of nitrogens with zero attached hydrogens (tertiary/aromatic N) is 4. The maximum atomic E-state index is 13.2. The molecule has 1 aromatic heterocycles. The first-order chi connectivity index (χ1) is 14.4. The number of likely N-dealkylation sites (N-methyl/N-ethyl adjacent to an activating group) is 2. The van der Waals surface area contributed by atoms with Crippen LogP contribution in [0.5, 0.6) is 0 Å². The van der Waals surface area contributed by atoms with Crippen molar-refractivity contribution in [2.45, 2.75) is 44.8 Å². The van der Waals surface area contributed by atoms with Gasteiger partial charge in [0.2, 0.25) is 5.91 Å². The third kappa shape index (κ3) is 3.86. The van der Waals surface area contributed by atoms with E-state index in [-0.39, 0.29) is 24.0 Å². The van der Waals surface area contributed by atoms with Crippen molar-refractivity contribution in [3.8, 4) is 0 Å². The largest absolute Gasteiger partial charge is 0.342 e. The van der Waals surface area contributed by atoms with Crippen LogP contribution in [0, 0.1) is 0 Å². The quantitative estimate of drug-likeness (QED) is 0.754. The second-order valence-corrected chi connectivity index (χ2v) is 9.20. The first kappa shape index (κ1) is 21.3. The van der Waals surface area contributed by atoms with Crippen molar-refractivity contribution in [3.63, 3.8) is 0 Å². The molecule has 1 unspecified atom stereocenters. The maximum Gasteiger partial charge on any atom is 0.241 e. The number of aromatic nitrogens is 1. The van der Waals surface area contributed by atoms with Gasteiger partial charge in [0, 0.05) is 43.9 Å². The smallest absolute Gasteiger partial charge is 0.241 e. The second-order valence-electron chi connectivity index (χ2n) is 8.80. The van der Waals surface area contributed by atoms with Crippen LogP contribution >= 0.6 is 11.6 Å². The third-order valence-corrected chi connectivity index (χ3v) is 7.05. The number of aryl methyl sites for hydroxylation is 2. The molecule has 1 fully saturated rings. The summed E-state index contributed by atoms with van der Waals surface area (Å²) in [5.74, 6) is 0.173. The molecule has 0 saturated carbocycles. The van der Waals surface area contributed by atoms with Crippen LogP contribution in [0.4, 0.5) is 0 Å². The molecule has 0 radical (unpaired) electrons. The van der Waals surface area contributed by atoms with Gasteiger partial charge in [-0.3, -0.25) is 19.6 Å². The number of piperazine rings is 1. The normalized spacial score (nSPS) is 22.3. The molecular weight excluding hydrogens is 396 g/mol. The van der Waals surface area contributed by atoms with E-state index in [1.54, 1.807) is 0 Å². The molecule has 1 amide bonds. The number of hydrogen-bond donors (Lipinski definition) is 0. The highest BCUT2D eigenvalue weighted by molar-refractivity contribution is 6.31. The van der Waals surface area contributed by atoms with E-state index in [9.17, 15) is 4.79 Å². The van der Waals surface area contributed by atoms with E-state index >= 15 is 0 Å².